The molecule has 0 radical (unpaired) electrons. The van der Waals surface area contributed by atoms with Crippen LogP contribution in [0.15, 0.2) is 30.3 Å². The molecule has 0 fully saturated rings. The van der Waals surface area contributed by atoms with Crippen molar-refractivity contribution in [2.24, 2.45) is 5.84 Å². The third-order valence-electron chi connectivity index (χ3n) is 2.76. The molecular weight excluding hydrogens is 246 g/mol. The number of nitrogens with zero attached hydrogens (tertiary/aromatic N) is 3. The van der Waals surface area contributed by atoms with E-state index in [2.05, 4.69) is 51.1 Å². The van der Waals surface area contributed by atoms with Crippen molar-refractivity contribution in [3.63, 3.8) is 0 Å². The Bertz CT molecular complexity index is 470. The number of hydrazine groups is 1. The van der Waals surface area contributed by atoms with Crippen LogP contribution in [-0.4, -0.2) is 21.0 Å². The second-order valence-corrected chi connectivity index (χ2v) is 4.74. The SMILES string of the molecule is CCN(Cc1ccccc1)Cc1nnsc1NN. The Morgan fingerprint density at radius 2 is 2.06 bits per heavy atom. The molecule has 1 aromatic heterocycles. The number of anilines is 1. The van der Waals surface area contributed by atoms with Gasteiger partial charge in [-0.3, -0.25) is 4.90 Å². The quantitative estimate of drug-likeness (QED) is 0.615. The molecule has 1 heterocycles. The fourth-order valence-electron chi connectivity index (χ4n) is 1.75. The standard InChI is InChI=1S/C12H17N5S/c1-2-17(8-10-6-4-3-5-7-10)9-11-12(14-13)18-16-15-11/h3-7,14H,2,8-9,13H2,1H3. The predicted octanol–water partition coefficient (Wildman–Crippen LogP) is 1.85. The maximum Gasteiger partial charge on any atom is 0.148 e. The number of nitrogens with one attached hydrogen (secondary N) is 1. The van der Waals surface area contributed by atoms with E-state index in [9.17, 15) is 0 Å². The number of rotatable bonds is 6. The van der Waals surface area contributed by atoms with Crippen LogP contribution in [0.3, 0.4) is 0 Å². The Morgan fingerprint density at radius 3 is 2.72 bits per heavy atom. The van der Waals surface area contributed by atoms with Crippen molar-refractivity contribution < 1.29 is 0 Å². The highest BCUT2D eigenvalue weighted by atomic mass is 32.1. The van der Waals surface area contributed by atoms with E-state index in [4.69, 9.17) is 5.84 Å². The summed E-state index contributed by atoms with van der Waals surface area (Å²) in [5.41, 5.74) is 4.83. The molecule has 5 nitrogen and oxygen atoms in total. The van der Waals surface area contributed by atoms with E-state index in [1.165, 1.54) is 17.1 Å². The van der Waals surface area contributed by atoms with E-state index in [0.29, 0.717) is 0 Å². The van der Waals surface area contributed by atoms with Gasteiger partial charge in [-0.25, -0.2) is 5.84 Å². The van der Waals surface area contributed by atoms with Gasteiger partial charge in [0.1, 0.15) is 10.7 Å². The average Bonchev–Trinajstić information content (AvgIpc) is 2.86. The van der Waals surface area contributed by atoms with Crippen LogP contribution in [0.5, 0.6) is 0 Å². The normalized spacial score (nSPS) is 10.8. The van der Waals surface area contributed by atoms with Crippen LogP contribution >= 0.6 is 11.5 Å². The van der Waals surface area contributed by atoms with Crippen LogP contribution in [0, 0.1) is 0 Å². The zero-order chi connectivity index (χ0) is 12.8. The first kappa shape index (κ1) is 12.9. The number of hydrogen-bond donors (Lipinski definition) is 2. The van der Waals surface area contributed by atoms with Gasteiger partial charge in [0.15, 0.2) is 0 Å². The lowest BCUT2D eigenvalue weighted by atomic mass is 10.2. The van der Waals surface area contributed by atoms with E-state index < -0.39 is 0 Å². The molecular formula is C12H17N5S. The van der Waals surface area contributed by atoms with Gasteiger partial charge in [-0.1, -0.05) is 41.7 Å². The molecule has 0 saturated heterocycles. The molecule has 0 bridgehead atoms. The maximum atomic E-state index is 5.43. The van der Waals surface area contributed by atoms with E-state index in [0.717, 1.165) is 30.3 Å². The first-order valence-electron chi connectivity index (χ1n) is 5.87. The number of hydrogen-bond acceptors (Lipinski definition) is 6. The molecule has 0 unspecified atom stereocenters. The molecule has 96 valence electrons. The minimum Gasteiger partial charge on any atom is -0.313 e. The van der Waals surface area contributed by atoms with Gasteiger partial charge >= 0.3 is 0 Å². The van der Waals surface area contributed by atoms with Crippen molar-refractivity contribution in [1.82, 2.24) is 14.5 Å². The van der Waals surface area contributed by atoms with Crippen molar-refractivity contribution >= 4 is 16.5 Å². The lowest BCUT2D eigenvalue weighted by molar-refractivity contribution is 0.268. The summed E-state index contributed by atoms with van der Waals surface area (Å²) in [5.74, 6) is 5.43. The summed E-state index contributed by atoms with van der Waals surface area (Å²) in [6.07, 6.45) is 0. The number of nitrogens with two attached hydrogens (primary N) is 1. The van der Waals surface area contributed by atoms with Crippen LogP contribution in [0.1, 0.15) is 18.2 Å². The minimum absolute atomic E-state index is 0.751. The Balaban J connectivity index is 2.02. The Labute approximate surface area is 111 Å². The molecule has 0 spiro atoms. The fourth-order valence-corrected chi connectivity index (χ4v) is 2.24. The molecule has 2 aromatic rings. The summed E-state index contributed by atoms with van der Waals surface area (Å²) < 4.78 is 3.91. The summed E-state index contributed by atoms with van der Waals surface area (Å²) in [4.78, 5) is 2.30. The molecule has 18 heavy (non-hydrogen) atoms. The Morgan fingerprint density at radius 1 is 1.28 bits per heavy atom. The van der Waals surface area contributed by atoms with Crippen LogP contribution < -0.4 is 11.3 Å². The molecule has 6 heteroatoms. The molecule has 0 atom stereocenters. The Hall–Kier alpha value is -1.50. The topological polar surface area (TPSA) is 67.1 Å². The first-order chi connectivity index (χ1) is 8.83. The Kier molecular flexibility index (Phi) is 4.63. The third-order valence-corrected chi connectivity index (χ3v) is 3.46. The lowest BCUT2D eigenvalue weighted by Gasteiger charge is -2.19. The zero-order valence-electron chi connectivity index (χ0n) is 10.3. The van der Waals surface area contributed by atoms with Crippen LogP contribution in [-0.2, 0) is 13.1 Å². The monoisotopic (exact) mass is 263 g/mol. The molecule has 2 rings (SSSR count). The molecule has 0 aliphatic carbocycles. The molecule has 0 aliphatic heterocycles. The number of nitrogen functional groups attached to an aromatic ring is 1. The van der Waals surface area contributed by atoms with Gasteiger partial charge < -0.3 is 5.43 Å². The smallest absolute Gasteiger partial charge is 0.148 e. The summed E-state index contributed by atoms with van der Waals surface area (Å²) >= 11 is 1.28. The molecule has 0 saturated carbocycles. The van der Waals surface area contributed by atoms with Gasteiger partial charge in [-0.05, 0) is 12.1 Å². The zero-order valence-corrected chi connectivity index (χ0v) is 11.2. The summed E-state index contributed by atoms with van der Waals surface area (Å²) in [6, 6.07) is 10.4. The summed E-state index contributed by atoms with van der Waals surface area (Å²) in [7, 11) is 0. The summed E-state index contributed by atoms with van der Waals surface area (Å²) in [6.45, 7) is 4.75. The van der Waals surface area contributed by atoms with Crippen molar-refractivity contribution in [2.45, 2.75) is 20.0 Å². The molecule has 3 N–H and O–H groups in total. The fraction of sp³-hybridized carbons (Fsp3) is 0.333. The molecule has 0 amide bonds. The largest absolute Gasteiger partial charge is 0.313 e. The van der Waals surface area contributed by atoms with Gasteiger partial charge in [-0.15, -0.1) is 5.10 Å². The van der Waals surface area contributed by atoms with E-state index in [1.54, 1.807) is 0 Å². The molecule has 0 aliphatic rings. The highest BCUT2D eigenvalue weighted by Gasteiger charge is 2.11. The lowest BCUT2D eigenvalue weighted by Crippen LogP contribution is -2.23. The average molecular weight is 263 g/mol. The van der Waals surface area contributed by atoms with E-state index in [1.807, 2.05) is 6.07 Å². The maximum absolute atomic E-state index is 5.43. The van der Waals surface area contributed by atoms with Crippen molar-refractivity contribution in [2.75, 3.05) is 12.0 Å². The first-order valence-corrected chi connectivity index (χ1v) is 6.65. The third kappa shape index (κ3) is 3.25. The van der Waals surface area contributed by atoms with Crippen molar-refractivity contribution in [3.05, 3.63) is 41.6 Å². The van der Waals surface area contributed by atoms with Gasteiger partial charge in [-0.2, -0.15) is 0 Å². The number of aromatic nitrogens is 2. The van der Waals surface area contributed by atoms with Gasteiger partial charge in [0.05, 0.1) is 0 Å². The highest BCUT2D eigenvalue weighted by molar-refractivity contribution is 7.10. The van der Waals surface area contributed by atoms with Crippen molar-refractivity contribution in [3.8, 4) is 0 Å². The second kappa shape index (κ2) is 6.44. The predicted molar refractivity (Wildman–Crippen MR) is 73.9 cm³/mol. The van der Waals surface area contributed by atoms with E-state index in [-0.39, 0.29) is 0 Å². The second-order valence-electron chi connectivity index (χ2n) is 3.98. The van der Waals surface area contributed by atoms with Crippen LogP contribution in [0.4, 0.5) is 5.00 Å². The minimum atomic E-state index is 0.751. The van der Waals surface area contributed by atoms with Crippen LogP contribution in [0.2, 0.25) is 0 Å². The van der Waals surface area contributed by atoms with Crippen LogP contribution in [0.25, 0.3) is 0 Å². The van der Waals surface area contributed by atoms with Gasteiger partial charge in [0, 0.05) is 24.6 Å². The number of benzene rings is 1. The highest BCUT2D eigenvalue weighted by Crippen LogP contribution is 2.18. The van der Waals surface area contributed by atoms with E-state index >= 15 is 0 Å². The van der Waals surface area contributed by atoms with Gasteiger partial charge in [0.25, 0.3) is 0 Å². The molecule has 1 aromatic carbocycles. The van der Waals surface area contributed by atoms with Crippen molar-refractivity contribution in [1.29, 1.82) is 0 Å². The summed E-state index contributed by atoms with van der Waals surface area (Å²) in [5, 5.41) is 4.94. The van der Waals surface area contributed by atoms with Gasteiger partial charge in [0.2, 0.25) is 0 Å².